The average molecular weight is 525 g/mol. The minimum absolute atomic E-state index is 0.0240. The minimum atomic E-state index is -4.78. The average Bonchev–Trinajstić information content (AvgIpc) is 3.52. The van der Waals surface area contributed by atoms with Crippen molar-refractivity contribution >= 4 is 12.5 Å². The van der Waals surface area contributed by atoms with Gasteiger partial charge in [-0.1, -0.05) is 18.1 Å². The van der Waals surface area contributed by atoms with Gasteiger partial charge in [-0.3, -0.25) is 4.79 Å². The van der Waals surface area contributed by atoms with Crippen LogP contribution in [0, 0.1) is 0 Å². The predicted molar refractivity (Wildman–Crippen MR) is 125 cm³/mol. The van der Waals surface area contributed by atoms with Gasteiger partial charge in [0.05, 0.1) is 17.9 Å². The van der Waals surface area contributed by atoms with E-state index in [0.717, 1.165) is 25.7 Å². The molecule has 2 fully saturated rings. The van der Waals surface area contributed by atoms with E-state index in [9.17, 15) is 22.8 Å². The summed E-state index contributed by atoms with van der Waals surface area (Å²) in [5, 5.41) is 10.8. The number of nitrogens with zero attached hydrogens (tertiary/aromatic N) is 5. The largest absolute Gasteiger partial charge is 0.488 e. The highest BCUT2D eigenvalue weighted by molar-refractivity contribution is 5.74. The molecule has 10 nitrogen and oxygen atoms in total. The molecule has 4 rings (SSSR count). The molecule has 0 radical (unpaired) electrons. The lowest BCUT2D eigenvalue weighted by molar-refractivity contribution is -0.143. The van der Waals surface area contributed by atoms with Crippen LogP contribution in [0.5, 0.6) is 5.75 Å². The second kappa shape index (κ2) is 11.3. The van der Waals surface area contributed by atoms with Gasteiger partial charge >= 0.3 is 12.2 Å². The van der Waals surface area contributed by atoms with E-state index in [-0.39, 0.29) is 36.1 Å². The molecule has 2 aromatic heterocycles. The Bertz CT molecular complexity index is 1100. The highest BCUT2D eigenvalue weighted by Crippen LogP contribution is 2.38. The van der Waals surface area contributed by atoms with Crippen LogP contribution in [0.2, 0.25) is 0 Å². The first kappa shape index (κ1) is 26.7. The highest BCUT2D eigenvalue weighted by Gasteiger charge is 2.38. The SMILES string of the molecule is CN(C(=O)NCc1c(-c2ccc(O[C@H]3CCC[C@H](OC=O)C3)c(C(F)(F)F)n2)nnn1C)C1CCCC1. The van der Waals surface area contributed by atoms with Crippen LogP contribution >= 0.6 is 0 Å². The van der Waals surface area contributed by atoms with Crippen molar-refractivity contribution < 1.29 is 32.2 Å². The van der Waals surface area contributed by atoms with Gasteiger partial charge in [-0.25, -0.2) is 14.5 Å². The summed E-state index contributed by atoms with van der Waals surface area (Å²) in [4.78, 5) is 28.8. The monoisotopic (exact) mass is 524 g/mol. The molecule has 0 unspecified atom stereocenters. The minimum Gasteiger partial charge on any atom is -0.488 e. The number of hydrogen-bond donors (Lipinski definition) is 1. The van der Waals surface area contributed by atoms with E-state index < -0.39 is 23.7 Å². The summed E-state index contributed by atoms with van der Waals surface area (Å²) in [5.74, 6) is -0.398. The van der Waals surface area contributed by atoms with Crippen LogP contribution in [-0.2, 0) is 29.3 Å². The Morgan fingerprint density at radius 3 is 2.62 bits per heavy atom. The number of aromatic nitrogens is 4. The molecular weight excluding hydrogens is 493 g/mol. The maximum Gasteiger partial charge on any atom is 0.437 e. The predicted octanol–water partition coefficient (Wildman–Crippen LogP) is 3.84. The number of alkyl halides is 3. The Morgan fingerprint density at radius 1 is 1.19 bits per heavy atom. The maximum absolute atomic E-state index is 14.0. The smallest absolute Gasteiger partial charge is 0.437 e. The van der Waals surface area contributed by atoms with Crippen LogP contribution in [0.15, 0.2) is 12.1 Å². The Kier molecular flexibility index (Phi) is 8.18. The summed E-state index contributed by atoms with van der Waals surface area (Å²) in [6.45, 7) is 0.369. The van der Waals surface area contributed by atoms with Crippen molar-refractivity contribution in [3.8, 4) is 17.1 Å². The fourth-order valence-corrected chi connectivity index (χ4v) is 4.98. The molecule has 0 bridgehead atoms. The molecule has 0 aromatic carbocycles. The molecule has 0 aliphatic heterocycles. The second-order valence-corrected chi connectivity index (χ2v) is 9.52. The van der Waals surface area contributed by atoms with Crippen molar-refractivity contribution in [1.82, 2.24) is 30.2 Å². The van der Waals surface area contributed by atoms with Crippen LogP contribution in [0.4, 0.5) is 18.0 Å². The van der Waals surface area contributed by atoms with Gasteiger partial charge in [0.25, 0.3) is 6.47 Å². The van der Waals surface area contributed by atoms with E-state index in [4.69, 9.17) is 9.47 Å². The number of amides is 2. The standard InChI is InChI=1S/C24H31F3N6O4/c1-32(15-6-3-4-7-15)23(35)28-13-19-21(30-31-33(19)2)18-10-11-20(22(29-18)24(25,26)27)37-17-9-5-8-16(12-17)36-14-34/h10-11,14-17H,3-9,12-13H2,1-2H3,(H,28,35)/t16-,17-/m0/s1. The zero-order valence-corrected chi connectivity index (χ0v) is 20.8. The molecule has 37 heavy (non-hydrogen) atoms. The molecule has 1 N–H and O–H groups in total. The van der Waals surface area contributed by atoms with Crippen LogP contribution < -0.4 is 10.1 Å². The van der Waals surface area contributed by atoms with Crippen molar-refractivity contribution in [2.24, 2.45) is 7.05 Å². The molecule has 0 spiro atoms. The summed E-state index contributed by atoms with van der Waals surface area (Å²) in [7, 11) is 3.34. The lowest BCUT2D eigenvalue weighted by Gasteiger charge is -2.29. The number of urea groups is 1. The third-order valence-electron chi connectivity index (χ3n) is 7.03. The molecular formula is C24H31F3N6O4. The Balaban J connectivity index is 1.52. The summed E-state index contributed by atoms with van der Waals surface area (Å²) in [6.07, 6.45) is 0.526. The first-order valence-electron chi connectivity index (χ1n) is 12.4. The van der Waals surface area contributed by atoms with Gasteiger partial charge in [-0.05, 0) is 44.2 Å². The summed E-state index contributed by atoms with van der Waals surface area (Å²) < 4.78 is 54.0. The number of carbonyl (C=O) groups excluding carboxylic acids is 2. The third kappa shape index (κ3) is 6.31. The summed E-state index contributed by atoms with van der Waals surface area (Å²) in [6, 6.07) is 2.53. The number of rotatable bonds is 8. The normalized spacial score (nSPS) is 20.5. The Morgan fingerprint density at radius 2 is 1.92 bits per heavy atom. The lowest BCUT2D eigenvalue weighted by Crippen LogP contribution is -2.42. The van der Waals surface area contributed by atoms with E-state index in [1.807, 2.05) is 0 Å². The van der Waals surface area contributed by atoms with Gasteiger partial charge in [0.1, 0.15) is 17.9 Å². The van der Waals surface area contributed by atoms with Gasteiger partial charge in [-0.15, -0.1) is 5.10 Å². The zero-order chi connectivity index (χ0) is 26.6. The number of carbonyl (C=O) groups is 2. The highest BCUT2D eigenvalue weighted by atomic mass is 19.4. The topological polar surface area (TPSA) is 111 Å². The first-order chi connectivity index (χ1) is 17.7. The molecule has 2 aliphatic rings. The van der Waals surface area contributed by atoms with E-state index in [1.165, 1.54) is 16.8 Å². The summed E-state index contributed by atoms with van der Waals surface area (Å²) in [5.41, 5.74) is -0.652. The van der Waals surface area contributed by atoms with Gasteiger partial charge in [0, 0.05) is 26.6 Å². The van der Waals surface area contributed by atoms with Crippen LogP contribution in [-0.4, -0.2) is 62.7 Å². The fourth-order valence-electron chi connectivity index (χ4n) is 4.98. The number of halogens is 3. The molecule has 13 heteroatoms. The molecule has 2 atom stereocenters. The van der Waals surface area contributed by atoms with Gasteiger partial charge in [0.15, 0.2) is 11.4 Å². The lowest BCUT2D eigenvalue weighted by atomic mass is 9.95. The quantitative estimate of drug-likeness (QED) is 0.522. The Labute approximate surface area is 212 Å². The van der Waals surface area contributed by atoms with Gasteiger partial charge in [-0.2, -0.15) is 13.2 Å². The van der Waals surface area contributed by atoms with Crippen molar-refractivity contribution in [3.63, 3.8) is 0 Å². The number of aryl methyl sites for hydroxylation is 1. The van der Waals surface area contributed by atoms with Crippen LogP contribution in [0.1, 0.15) is 62.8 Å². The number of ether oxygens (including phenoxy) is 2. The number of hydrogen-bond acceptors (Lipinski definition) is 7. The molecule has 2 aromatic rings. The van der Waals surface area contributed by atoms with E-state index in [2.05, 4.69) is 20.6 Å². The zero-order valence-electron chi connectivity index (χ0n) is 20.8. The van der Waals surface area contributed by atoms with Gasteiger partial charge < -0.3 is 19.7 Å². The second-order valence-electron chi connectivity index (χ2n) is 9.52. The van der Waals surface area contributed by atoms with E-state index >= 15 is 0 Å². The maximum atomic E-state index is 14.0. The van der Waals surface area contributed by atoms with E-state index in [0.29, 0.717) is 37.8 Å². The molecule has 0 saturated heterocycles. The molecule has 2 heterocycles. The number of nitrogens with one attached hydrogen (secondary N) is 1. The Hall–Kier alpha value is -3.38. The van der Waals surface area contributed by atoms with Crippen LogP contribution in [0.25, 0.3) is 11.4 Å². The van der Waals surface area contributed by atoms with Crippen molar-refractivity contribution in [2.45, 2.75) is 82.3 Å². The van der Waals surface area contributed by atoms with E-state index in [1.54, 1.807) is 19.0 Å². The fraction of sp³-hybridized carbons (Fsp3) is 0.625. The molecule has 2 saturated carbocycles. The molecule has 2 amide bonds. The summed E-state index contributed by atoms with van der Waals surface area (Å²) >= 11 is 0. The van der Waals surface area contributed by atoms with Crippen molar-refractivity contribution in [1.29, 1.82) is 0 Å². The molecule has 2 aliphatic carbocycles. The van der Waals surface area contributed by atoms with Crippen LogP contribution in [0.3, 0.4) is 0 Å². The van der Waals surface area contributed by atoms with Gasteiger partial charge in [0.2, 0.25) is 0 Å². The number of pyridine rings is 1. The van der Waals surface area contributed by atoms with Crippen molar-refractivity contribution in [2.75, 3.05) is 7.05 Å². The first-order valence-corrected chi connectivity index (χ1v) is 12.4. The molecule has 202 valence electrons. The third-order valence-corrected chi connectivity index (χ3v) is 7.03. The van der Waals surface area contributed by atoms with Crippen molar-refractivity contribution in [3.05, 3.63) is 23.5 Å².